The average molecular weight is 290 g/mol. The van der Waals surface area contributed by atoms with E-state index in [1.54, 1.807) is 26.2 Å². The third-order valence-electron chi connectivity index (χ3n) is 3.39. The Kier molecular flexibility index (Phi) is 4.21. The third kappa shape index (κ3) is 3.18. The van der Waals surface area contributed by atoms with Gasteiger partial charge in [0.1, 0.15) is 11.9 Å². The van der Waals surface area contributed by atoms with Crippen LogP contribution < -0.4 is 5.32 Å². The van der Waals surface area contributed by atoms with Crippen molar-refractivity contribution in [3.05, 3.63) is 23.9 Å². The van der Waals surface area contributed by atoms with Gasteiger partial charge in [-0.15, -0.1) is 0 Å². The number of rotatable bonds is 3. The molecule has 1 fully saturated rings. The lowest BCUT2D eigenvalue weighted by atomic mass is 10.0. The van der Waals surface area contributed by atoms with Gasteiger partial charge in [0.15, 0.2) is 0 Å². The Morgan fingerprint density at radius 1 is 1.38 bits per heavy atom. The Bertz CT molecular complexity index is 568. The highest BCUT2D eigenvalue weighted by Crippen LogP contribution is 2.16. The number of anilines is 1. The largest absolute Gasteiger partial charge is 0.358 e. The number of nitrogens with one attached hydrogen (secondary N) is 1. The van der Waals surface area contributed by atoms with E-state index in [9.17, 15) is 14.4 Å². The smallest absolute Gasteiger partial charge is 0.254 e. The van der Waals surface area contributed by atoms with E-state index in [4.69, 9.17) is 0 Å². The molecule has 21 heavy (non-hydrogen) atoms. The maximum atomic E-state index is 12.0. The van der Waals surface area contributed by atoms with Gasteiger partial charge in [0.05, 0.1) is 5.56 Å². The van der Waals surface area contributed by atoms with Crippen LogP contribution in [0.2, 0.25) is 0 Å². The van der Waals surface area contributed by atoms with Gasteiger partial charge in [-0.3, -0.25) is 19.3 Å². The van der Waals surface area contributed by atoms with E-state index in [-0.39, 0.29) is 17.7 Å². The first kappa shape index (κ1) is 15.0. The van der Waals surface area contributed by atoms with E-state index in [2.05, 4.69) is 10.3 Å². The predicted octanol–water partition coefficient (Wildman–Crippen LogP) is 0.343. The van der Waals surface area contributed by atoms with E-state index in [0.29, 0.717) is 24.2 Å². The van der Waals surface area contributed by atoms with Crippen molar-refractivity contribution in [2.45, 2.75) is 18.9 Å². The molecule has 0 saturated carbocycles. The van der Waals surface area contributed by atoms with E-state index in [1.165, 1.54) is 18.1 Å². The molecule has 1 saturated heterocycles. The van der Waals surface area contributed by atoms with Crippen LogP contribution in [0, 0.1) is 0 Å². The lowest BCUT2D eigenvalue weighted by Gasteiger charge is -2.28. The molecule has 0 radical (unpaired) electrons. The third-order valence-corrected chi connectivity index (χ3v) is 3.39. The summed E-state index contributed by atoms with van der Waals surface area (Å²) >= 11 is 0. The van der Waals surface area contributed by atoms with Gasteiger partial charge in [0, 0.05) is 33.8 Å². The summed E-state index contributed by atoms with van der Waals surface area (Å²) in [5, 5.41) is 3.00. The number of hydrogen-bond donors (Lipinski definition) is 1. The zero-order valence-electron chi connectivity index (χ0n) is 12.3. The van der Waals surface area contributed by atoms with E-state index in [1.807, 2.05) is 0 Å². The number of hydrogen-bond acceptors (Lipinski definition) is 5. The van der Waals surface area contributed by atoms with Crippen LogP contribution in [0.3, 0.4) is 0 Å². The molecule has 1 unspecified atom stereocenters. The molecular weight excluding hydrogens is 272 g/mol. The number of carbonyl (C=O) groups is 3. The summed E-state index contributed by atoms with van der Waals surface area (Å²) in [6, 6.07) is 2.84. The highest BCUT2D eigenvalue weighted by molar-refractivity contribution is 6.01. The zero-order chi connectivity index (χ0) is 15.6. The molecule has 0 bridgehead atoms. The molecule has 1 aliphatic heterocycles. The molecule has 1 aromatic rings. The summed E-state index contributed by atoms with van der Waals surface area (Å²) < 4.78 is 0. The highest BCUT2D eigenvalue weighted by Gasteiger charge is 2.31. The number of pyridine rings is 1. The maximum absolute atomic E-state index is 12.0. The SMILES string of the molecule is CN(C)C(=O)c1ccc(NC2CCC(=O)N(C)C2=O)nc1. The molecule has 1 aliphatic rings. The van der Waals surface area contributed by atoms with Crippen molar-refractivity contribution >= 4 is 23.5 Å². The lowest BCUT2D eigenvalue weighted by molar-refractivity contribution is -0.146. The standard InChI is InChI=1S/C14H18N4O3/c1-17(2)13(20)9-4-6-11(15-8-9)16-10-5-7-12(19)18(3)14(10)21/h4,6,8,10H,5,7H2,1-3H3,(H,15,16). The van der Waals surface area contributed by atoms with Crippen LogP contribution in [-0.4, -0.2) is 59.7 Å². The number of imide groups is 1. The normalized spacial score (nSPS) is 18.6. The summed E-state index contributed by atoms with van der Waals surface area (Å²) in [5.41, 5.74) is 0.479. The lowest BCUT2D eigenvalue weighted by Crippen LogP contribution is -2.48. The fourth-order valence-electron chi connectivity index (χ4n) is 2.09. The molecule has 112 valence electrons. The van der Waals surface area contributed by atoms with Gasteiger partial charge >= 0.3 is 0 Å². The van der Waals surface area contributed by atoms with Crippen molar-refractivity contribution in [2.75, 3.05) is 26.5 Å². The second-order valence-corrected chi connectivity index (χ2v) is 5.16. The monoisotopic (exact) mass is 290 g/mol. The fourth-order valence-corrected chi connectivity index (χ4v) is 2.09. The van der Waals surface area contributed by atoms with Gasteiger partial charge in [-0.2, -0.15) is 0 Å². The van der Waals surface area contributed by atoms with Gasteiger partial charge in [-0.25, -0.2) is 4.98 Å². The van der Waals surface area contributed by atoms with Crippen molar-refractivity contribution in [3.8, 4) is 0 Å². The van der Waals surface area contributed by atoms with Crippen LogP contribution in [0.5, 0.6) is 0 Å². The van der Waals surface area contributed by atoms with Crippen molar-refractivity contribution < 1.29 is 14.4 Å². The summed E-state index contributed by atoms with van der Waals surface area (Å²) in [5.74, 6) is -0.0565. The average Bonchev–Trinajstić information content (AvgIpc) is 2.48. The molecule has 1 N–H and O–H groups in total. The minimum absolute atomic E-state index is 0.131. The first-order valence-corrected chi connectivity index (χ1v) is 6.65. The van der Waals surface area contributed by atoms with Crippen molar-refractivity contribution in [1.82, 2.24) is 14.8 Å². The molecule has 0 spiro atoms. The Hall–Kier alpha value is -2.44. The van der Waals surface area contributed by atoms with E-state index < -0.39 is 6.04 Å². The number of piperidine rings is 1. The zero-order valence-corrected chi connectivity index (χ0v) is 12.3. The summed E-state index contributed by atoms with van der Waals surface area (Å²) in [7, 11) is 4.81. The first-order valence-electron chi connectivity index (χ1n) is 6.65. The number of amides is 3. The van der Waals surface area contributed by atoms with Crippen LogP contribution in [0.1, 0.15) is 23.2 Å². The predicted molar refractivity (Wildman–Crippen MR) is 76.7 cm³/mol. The molecule has 7 nitrogen and oxygen atoms in total. The second-order valence-electron chi connectivity index (χ2n) is 5.16. The number of likely N-dealkylation sites (tertiary alicyclic amines) is 1. The highest BCUT2D eigenvalue weighted by atomic mass is 16.2. The summed E-state index contributed by atoms with van der Waals surface area (Å²) in [6.07, 6.45) is 2.24. The number of aromatic nitrogens is 1. The Balaban J connectivity index is 2.05. The van der Waals surface area contributed by atoms with Crippen molar-refractivity contribution in [2.24, 2.45) is 0 Å². The van der Waals surface area contributed by atoms with Crippen molar-refractivity contribution in [1.29, 1.82) is 0 Å². The number of carbonyl (C=O) groups excluding carboxylic acids is 3. The van der Waals surface area contributed by atoms with Crippen LogP contribution in [0.25, 0.3) is 0 Å². The van der Waals surface area contributed by atoms with E-state index in [0.717, 1.165) is 4.90 Å². The number of nitrogens with zero attached hydrogens (tertiary/aromatic N) is 3. The van der Waals surface area contributed by atoms with Crippen molar-refractivity contribution in [3.63, 3.8) is 0 Å². The van der Waals surface area contributed by atoms with Crippen LogP contribution in [-0.2, 0) is 9.59 Å². The van der Waals surface area contributed by atoms with Crippen LogP contribution in [0.4, 0.5) is 5.82 Å². The molecule has 3 amide bonds. The maximum Gasteiger partial charge on any atom is 0.254 e. The quantitative estimate of drug-likeness (QED) is 0.812. The van der Waals surface area contributed by atoms with Gasteiger partial charge in [0.2, 0.25) is 5.91 Å². The van der Waals surface area contributed by atoms with Crippen LogP contribution in [0.15, 0.2) is 18.3 Å². The number of likely N-dealkylation sites (N-methyl/N-ethyl adjacent to an activating group) is 1. The second kappa shape index (κ2) is 5.90. The first-order chi connectivity index (χ1) is 9.90. The summed E-state index contributed by atoms with van der Waals surface area (Å²) in [6.45, 7) is 0. The minimum Gasteiger partial charge on any atom is -0.358 e. The van der Waals surface area contributed by atoms with Gasteiger partial charge in [0.25, 0.3) is 11.8 Å². The molecule has 7 heteroatoms. The molecule has 0 aromatic carbocycles. The molecule has 1 aromatic heterocycles. The Labute approximate surface area is 122 Å². The minimum atomic E-state index is -0.462. The molecule has 0 aliphatic carbocycles. The fraction of sp³-hybridized carbons (Fsp3) is 0.429. The molecule has 2 rings (SSSR count). The van der Waals surface area contributed by atoms with Gasteiger partial charge in [-0.05, 0) is 18.6 Å². The van der Waals surface area contributed by atoms with Gasteiger partial charge in [-0.1, -0.05) is 0 Å². The van der Waals surface area contributed by atoms with Gasteiger partial charge < -0.3 is 10.2 Å². The molecular formula is C14H18N4O3. The molecule has 1 atom stereocenters. The van der Waals surface area contributed by atoms with Crippen LogP contribution >= 0.6 is 0 Å². The topological polar surface area (TPSA) is 82.6 Å². The van der Waals surface area contributed by atoms with E-state index >= 15 is 0 Å². The Morgan fingerprint density at radius 2 is 2.10 bits per heavy atom. The molecule has 2 heterocycles. The summed E-state index contributed by atoms with van der Waals surface area (Å²) in [4.78, 5) is 41.8. The Morgan fingerprint density at radius 3 is 2.67 bits per heavy atom.